The maximum Gasteiger partial charge on any atom is 0.271 e. The molecule has 0 atom stereocenters. The van der Waals surface area contributed by atoms with Gasteiger partial charge in [-0.25, -0.2) is 9.97 Å². The van der Waals surface area contributed by atoms with Crippen molar-refractivity contribution in [3.63, 3.8) is 0 Å². The van der Waals surface area contributed by atoms with E-state index < -0.39 is 0 Å². The van der Waals surface area contributed by atoms with E-state index in [1.807, 2.05) is 6.26 Å². The van der Waals surface area contributed by atoms with Crippen molar-refractivity contribution in [2.45, 2.75) is 6.42 Å². The zero-order valence-corrected chi connectivity index (χ0v) is 9.38. The molecule has 0 aliphatic heterocycles. The van der Waals surface area contributed by atoms with Gasteiger partial charge in [-0.1, -0.05) is 0 Å². The monoisotopic (exact) mass is 226 g/mol. The lowest BCUT2D eigenvalue weighted by atomic mass is 10.4. The molecule has 6 heteroatoms. The summed E-state index contributed by atoms with van der Waals surface area (Å²) in [5, 5.41) is 2.76. The third-order valence-electron chi connectivity index (χ3n) is 1.72. The quantitative estimate of drug-likeness (QED) is 0.716. The van der Waals surface area contributed by atoms with Crippen molar-refractivity contribution in [3.05, 3.63) is 18.1 Å². The highest BCUT2D eigenvalue weighted by molar-refractivity contribution is 7.98. The maximum absolute atomic E-state index is 11.5. The first-order valence-electron chi connectivity index (χ1n) is 4.58. The van der Waals surface area contributed by atoms with Crippen LogP contribution in [0.25, 0.3) is 0 Å². The molecule has 1 rings (SSSR count). The van der Waals surface area contributed by atoms with Gasteiger partial charge in [-0.15, -0.1) is 0 Å². The molecular weight excluding hydrogens is 212 g/mol. The second-order valence-electron chi connectivity index (χ2n) is 2.93. The van der Waals surface area contributed by atoms with Gasteiger partial charge >= 0.3 is 0 Å². The van der Waals surface area contributed by atoms with Gasteiger partial charge in [0.1, 0.15) is 11.5 Å². The number of rotatable bonds is 5. The Morgan fingerprint density at radius 1 is 1.53 bits per heavy atom. The van der Waals surface area contributed by atoms with Gasteiger partial charge in [-0.2, -0.15) is 11.8 Å². The zero-order chi connectivity index (χ0) is 11.1. The van der Waals surface area contributed by atoms with Crippen LogP contribution in [0.3, 0.4) is 0 Å². The van der Waals surface area contributed by atoms with Crippen LogP contribution in [-0.4, -0.2) is 34.4 Å². The lowest BCUT2D eigenvalue weighted by Crippen LogP contribution is -2.25. The molecule has 0 aliphatic carbocycles. The Labute approximate surface area is 92.9 Å². The van der Waals surface area contributed by atoms with Crippen LogP contribution in [0, 0.1) is 0 Å². The zero-order valence-electron chi connectivity index (χ0n) is 8.56. The molecule has 3 N–H and O–H groups in total. The Morgan fingerprint density at radius 3 is 2.93 bits per heavy atom. The molecule has 5 nitrogen and oxygen atoms in total. The van der Waals surface area contributed by atoms with E-state index in [4.69, 9.17) is 5.73 Å². The summed E-state index contributed by atoms with van der Waals surface area (Å²) in [7, 11) is 0. The number of nitrogens with one attached hydrogen (secondary N) is 1. The predicted molar refractivity (Wildman–Crippen MR) is 61.8 cm³/mol. The number of carbonyl (C=O) groups excluding carboxylic acids is 1. The predicted octanol–water partition coefficient (Wildman–Crippen LogP) is 0.542. The van der Waals surface area contributed by atoms with Crippen LogP contribution < -0.4 is 11.1 Å². The fraction of sp³-hybridized carbons (Fsp3) is 0.444. The summed E-state index contributed by atoms with van der Waals surface area (Å²) in [6.45, 7) is 0.658. The Balaban J connectivity index is 2.37. The molecule has 0 aromatic carbocycles. The summed E-state index contributed by atoms with van der Waals surface area (Å²) in [6, 6.07) is 0. The average Bonchev–Trinajstić information content (AvgIpc) is 2.25. The van der Waals surface area contributed by atoms with Crippen LogP contribution in [0.4, 0.5) is 5.82 Å². The van der Waals surface area contributed by atoms with Crippen molar-refractivity contribution in [1.82, 2.24) is 15.3 Å². The molecule has 0 radical (unpaired) electrons. The Morgan fingerprint density at radius 2 is 2.33 bits per heavy atom. The first-order chi connectivity index (χ1) is 7.24. The minimum Gasteiger partial charge on any atom is -0.382 e. The maximum atomic E-state index is 11.5. The SMILES string of the molecule is CSCCCNC(=O)c1cnc(N)cn1. The molecule has 1 amide bonds. The molecule has 1 aromatic rings. The molecule has 0 aliphatic rings. The van der Waals surface area contributed by atoms with E-state index >= 15 is 0 Å². The standard InChI is InChI=1S/C9H14N4OS/c1-15-4-2-3-11-9(14)7-5-13-8(10)6-12-7/h5-6H,2-4H2,1H3,(H2,10,13)(H,11,14). The van der Waals surface area contributed by atoms with Gasteiger partial charge in [0.2, 0.25) is 0 Å². The summed E-state index contributed by atoms with van der Waals surface area (Å²) in [6.07, 6.45) is 5.73. The van der Waals surface area contributed by atoms with E-state index in [-0.39, 0.29) is 5.91 Å². The highest BCUT2D eigenvalue weighted by Crippen LogP contribution is 1.97. The van der Waals surface area contributed by atoms with Gasteiger partial charge < -0.3 is 11.1 Å². The first kappa shape index (κ1) is 11.8. The molecule has 0 saturated carbocycles. The number of amides is 1. The normalized spacial score (nSPS) is 9.93. The van der Waals surface area contributed by atoms with Crippen LogP contribution in [0.5, 0.6) is 0 Å². The summed E-state index contributed by atoms with van der Waals surface area (Å²) >= 11 is 1.76. The smallest absolute Gasteiger partial charge is 0.271 e. The van der Waals surface area contributed by atoms with E-state index in [1.54, 1.807) is 11.8 Å². The number of anilines is 1. The second kappa shape index (κ2) is 6.23. The van der Waals surface area contributed by atoms with Crippen LogP contribution in [0.15, 0.2) is 12.4 Å². The molecular formula is C9H14N4OS. The van der Waals surface area contributed by atoms with Gasteiger partial charge in [0.15, 0.2) is 0 Å². The summed E-state index contributed by atoms with van der Waals surface area (Å²) in [5.74, 6) is 1.14. The van der Waals surface area contributed by atoms with E-state index in [0.29, 0.717) is 18.1 Å². The number of hydrogen-bond donors (Lipinski definition) is 2. The molecule has 0 fully saturated rings. The molecule has 0 saturated heterocycles. The largest absolute Gasteiger partial charge is 0.382 e. The van der Waals surface area contributed by atoms with Crippen molar-refractivity contribution in [1.29, 1.82) is 0 Å². The molecule has 1 aromatic heterocycles. The fourth-order valence-corrected chi connectivity index (χ4v) is 1.40. The van der Waals surface area contributed by atoms with Gasteiger partial charge in [-0.05, 0) is 18.4 Å². The molecule has 82 valence electrons. The Hall–Kier alpha value is -1.30. The third-order valence-corrected chi connectivity index (χ3v) is 2.41. The highest BCUT2D eigenvalue weighted by atomic mass is 32.2. The topological polar surface area (TPSA) is 80.9 Å². The number of carbonyl (C=O) groups is 1. The van der Waals surface area contributed by atoms with E-state index in [2.05, 4.69) is 15.3 Å². The number of hydrogen-bond acceptors (Lipinski definition) is 5. The number of thioether (sulfide) groups is 1. The van der Waals surface area contributed by atoms with E-state index in [1.165, 1.54) is 12.4 Å². The minimum absolute atomic E-state index is 0.205. The molecule has 15 heavy (non-hydrogen) atoms. The fourth-order valence-electron chi connectivity index (χ4n) is 0.964. The van der Waals surface area contributed by atoms with Crippen LogP contribution in [0.1, 0.15) is 16.9 Å². The van der Waals surface area contributed by atoms with E-state index in [9.17, 15) is 4.79 Å². The number of nitrogens with two attached hydrogens (primary N) is 1. The van der Waals surface area contributed by atoms with Crippen LogP contribution in [-0.2, 0) is 0 Å². The van der Waals surface area contributed by atoms with Gasteiger partial charge in [0.25, 0.3) is 5.91 Å². The first-order valence-corrected chi connectivity index (χ1v) is 5.98. The van der Waals surface area contributed by atoms with Crippen molar-refractivity contribution in [2.24, 2.45) is 0 Å². The van der Waals surface area contributed by atoms with Crippen LogP contribution >= 0.6 is 11.8 Å². The Bertz CT molecular complexity index is 314. The van der Waals surface area contributed by atoms with Gasteiger partial charge in [-0.3, -0.25) is 4.79 Å². The lowest BCUT2D eigenvalue weighted by molar-refractivity contribution is 0.0948. The molecule has 0 bridgehead atoms. The second-order valence-corrected chi connectivity index (χ2v) is 3.91. The third kappa shape index (κ3) is 4.16. The average molecular weight is 226 g/mol. The summed E-state index contributed by atoms with van der Waals surface area (Å²) < 4.78 is 0. The minimum atomic E-state index is -0.205. The van der Waals surface area contributed by atoms with Crippen molar-refractivity contribution >= 4 is 23.5 Å². The molecule has 0 unspecified atom stereocenters. The highest BCUT2D eigenvalue weighted by Gasteiger charge is 2.05. The van der Waals surface area contributed by atoms with Crippen molar-refractivity contribution in [3.8, 4) is 0 Å². The van der Waals surface area contributed by atoms with Gasteiger partial charge in [0, 0.05) is 6.54 Å². The number of aromatic nitrogens is 2. The molecule has 1 heterocycles. The summed E-state index contributed by atoms with van der Waals surface area (Å²) in [4.78, 5) is 19.1. The number of nitrogen functional groups attached to an aromatic ring is 1. The lowest BCUT2D eigenvalue weighted by Gasteiger charge is -2.03. The Kier molecular flexibility index (Phi) is 4.89. The van der Waals surface area contributed by atoms with E-state index in [0.717, 1.165) is 12.2 Å². The van der Waals surface area contributed by atoms with Crippen LogP contribution in [0.2, 0.25) is 0 Å². The van der Waals surface area contributed by atoms with Crippen molar-refractivity contribution < 1.29 is 4.79 Å². The van der Waals surface area contributed by atoms with Gasteiger partial charge in [0.05, 0.1) is 12.4 Å². The van der Waals surface area contributed by atoms with Crippen molar-refractivity contribution in [2.75, 3.05) is 24.3 Å². The molecule has 0 spiro atoms. The number of nitrogens with zero attached hydrogens (tertiary/aromatic N) is 2. The summed E-state index contributed by atoms with van der Waals surface area (Å²) in [5.41, 5.74) is 5.66.